The third-order valence-corrected chi connectivity index (χ3v) is 9.58. The van der Waals surface area contributed by atoms with Crippen molar-refractivity contribution in [3.8, 4) is 11.8 Å². The molecule has 1 aliphatic carbocycles. The van der Waals surface area contributed by atoms with E-state index < -0.39 is 34.5 Å². The van der Waals surface area contributed by atoms with E-state index in [1.54, 1.807) is 6.20 Å². The van der Waals surface area contributed by atoms with E-state index in [0.29, 0.717) is 41.6 Å². The minimum atomic E-state index is -1.06. The first-order valence-corrected chi connectivity index (χ1v) is 15.3. The smallest absolute Gasteiger partial charge is 0.255 e. The summed E-state index contributed by atoms with van der Waals surface area (Å²) in [5.74, 6) is -2.88. The van der Waals surface area contributed by atoms with Gasteiger partial charge in [-0.3, -0.25) is 9.69 Å². The summed E-state index contributed by atoms with van der Waals surface area (Å²) in [4.78, 5) is 28.2. The fourth-order valence-electron chi connectivity index (χ4n) is 6.96. The van der Waals surface area contributed by atoms with Crippen LogP contribution in [0.1, 0.15) is 36.8 Å². The number of amides is 1. The Hall–Kier alpha value is -4.23. The maximum absolute atomic E-state index is 15.3. The number of pyridine rings is 2. The molecule has 7 rings (SSSR count). The molecular formula is C32H37F2N7O4. The number of carbonyl (C=O) groups is 1. The van der Waals surface area contributed by atoms with E-state index in [1.807, 2.05) is 18.2 Å². The van der Waals surface area contributed by atoms with E-state index >= 15 is 8.78 Å². The van der Waals surface area contributed by atoms with Gasteiger partial charge < -0.3 is 35.1 Å². The van der Waals surface area contributed by atoms with E-state index in [1.165, 1.54) is 14.2 Å². The number of nitrogens with two attached hydrogens (primary N) is 1. The molecule has 3 aliphatic heterocycles. The van der Waals surface area contributed by atoms with Crippen LogP contribution >= 0.6 is 0 Å². The Morgan fingerprint density at radius 2 is 1.71 bits per heavy atom. The van der Waals surface area contributed by atoms with Gasteiger partial charge in [0.05, 0.1) is 50.8 Å². The van der Waals surface area contributed by atoms with Crippen molar-refractivity contribution in [1.82, 2.24) is 14.9 Å². The molecule has 1 aromatic carbocycles. The SMILES string of the molecule is COc1nc(OC)c(F)c(N2Cc3cnc(Nc4ccc(N5CCC(N6CCOCC6)CC5)cc4N)cc3C3(CC3)C2=O)c1F. The zero-order valence-corrected chi connectivity index (χ0v) is 25.4. The lowest BCUT2D eigenvalue weighted by molar-refractivity contribution is -0.121. The maximum atomic E-state index is 15.3. The van der Waals surface area contributed by atoms with Crippen molar-refractivity contribution in [2.45, 2.75) is 43.7 Å². The van der Waals surface area contributed by atoms with Crippen LogP contribution in [0.15, 0.2) is 30.5 Å². The van der Waals surface area contributed by atoms with E-state index in [9.17, 15) is 4.79 Å². The number of morpholine rings is 1. The molecule has 4 aliphatic rings. The Morgan fingerprint density at radius 3 is 2.33 bits per heavy atom. The standard InChI is InChI=1S/C32H37F2N7O4/c1-43-29-26(33)28(27(34)30(38-29)44-2)41-18-19-17-36-25(16-22(19)32(7-8-32)31(41)42)37-24-4-3-21(15-23(24)35)39-9-5-20(6-10-39)40-11-13-45-14-12-40/h3-4,15-17,20H,5-14,18,35H2,1-2H3,(H,36,37). The van der Waals surface area contributed by atoms with Gasteiger partial charge in [0.1, 0.15) is 11.5 Å². The van der Waals surface area contributed by atoms with Crippen molar-refractivity contribution >= 4 is 34.5 Å². The van der Waals surface area contributed by atoms with Gasteiger partial charge in [0, 0.05) is 44.1 Å². The summed E-state index contributed by atoms with van der Waals surface area (Å²) >= 11 is 0. The van der Waals surface area contributed by atoms with Crippen molar-refractivity contribution in [2.24, 2.45) is 0 Å². The van der Waals surface area contributed by atoms with Gasteiger partial charge in [-0.2, -0.15) is 13.8 Å². The molecule has 0 radical (unpaired) electrons. The number of benzene rings is 1. The lowest BCUT2D eigenvalue weighted by Gasteiger charge is -2.41. The van der Waals surface area contributed by atoms with Gasteiger partial charge in [-0.15, -0.1) is 0 Å². The van der Waals surface area contributed by atoms with Crippen molar-refractivity contribution in [3.63, 3.8) is 0 Å². The number of piperidine rings is 1. The van der Waals surface area contributed by atoms with Crippen LogP contribution in [0.3, 0.4) is 0 Å². The van der Waals surface area contributed by atoms with Crippen molar-refractivity contribution in [1.29, 1.82) is 0 Å². The monoisotopic (exact) mass is 621 g/mol. The molecule has 0 unspecified atom stereocenters. The highest BCUT2D eigenvalue weighted by molar-refractivity contribution is 6.05. The number of nitrogens with zero attached hydrogens (tertiary/aromatic N) is 5. The molecule has 45 heavy (non-hydrogen) atoms. The van der Waals surface area contributed by atoms with Crippen LogP contribution in [0.2, 0.25) is 0 Å². The van der Waals surface area contributed by atoms with E-state index in [0.717, 1.165) is 68.4 Å². The summed E-state index contributed by atoms with van der Waals surface area (Å²) in [6, 6.07) is 8.45. The summed E-state index contributed by atoms with van der Waals surface area (Å²) < 4.78 is 46.1. The molecule has 3 N–H and O–H groups in total. The Labute approximate surface area is 260 Å². The van der Waals surface area contributed by atoms with Crippen LogP contribution in [-0.2, 0) is 21.5 Å². The number of rotatable bonds is 7. The van der Waals surface area contributed by atoms with Gasteiger partial charge >= 0.3 is 0 Å². The van der Waals surface area contributed by atoms with Crippen LogP contribution in [0.4, 0.5) is 37.3 Å². The molecule has 11 nitrogen and oxygen atoms in total. The van der Waals surface area contributed by atoms with Crippen molar-refractivity contribution in [2.75, 3.05) is 74.5 Å². The minimum Gasteiger partial charge on any atom is -0.479 e. The second-order valence-corrected chi connectivity index (χ2v) is 12.1. The summed E-state index contributed by atoms with van der Waals surface area (Å²) in [5, 5.41) is 3.31. The van der Waals surface area contributed by atoms with Crippen LogP contribution in [0.25, 0.3) is 0 Å². The molecule has 13 heteroatoms. The molecule has 1 amide bonds. The molecule has 0 atom stereocenters. The largest absolute Gasteiger partial charge is 0.479 e. The second kappa shape index (κ2) is 11.6. The summed E-state index contributed by atoms with van der Waals surface area (Å²) in [5.41, 5.74) is 8.97. The Kier molecular flexibility index (Phi) is 7.60. The predicted octanol–water partition coefficient (Wildman–Crippen LogP) is 3.98. The molecule has 0 bridgehead atoms. The molecule has 1 spiro atoms. The normalized spacial score (nSPS) is 19.9. The van der Waals surface area contributed by atoms with Gasteiger partial charge in [0.15, 0.2) is 0 Å². The highest BCUT2D eigenvalue weighted by Crippen LogP contribution is 2.55. The lowest BCUT2D eigenvalue weighted by atomic mass is 9.86. The average molecular weight is 622 g/mol. The molecule has 2 aromatic heterocycles. The first kappa shape index (κ1) is 29.5. The first-order chi connectivity index (χ1) is 21.8. The van der Waals surface area contributed by atoms with Gasteiger partial charge in [-0.1, -0.05) is 0 Å². The lowest BCUT2D eigenvalue weighted by Crippen LogP contribution is -2.49. The summed E-state index contributed by atoms with van der Waals surface area (Å²) in [7, 11) is 2.44. The number of aromatic nitrogens is 2. The Balaban J connectivity index is 1.09. The van der Waals surface area contributed by atoms with Crippen LogP contribution in [-0.4, -0.2) is 80.4 Å². The highest BCUT2D eigenvalue weighted by atomic mass is 19.1. The maximum Gasteiger partial charge on any atom is 0.255 e. The number of nitrogens with one attached hydrogen (secondary N) is 1. The quantitative estimate of drug-likeness (QED) is 0.375. The third kappa shape index (κ3) is 5.17. The number of methoxy groups -OCH3 is 2. The molecule has 5 heterocycles. The van der Waals surface area contributed by atoms with Crippen molar-refractivity contribution < 1.29 is 27.8 Å². The number of hydrogen-bond donors (Lipinski definition) is 2. The molecule has 2 saturated heterocycles. The van der Waals surface area contributed by atoms with E-state index in [-0.39, 0.29) is 12.5 Å². The van der Waals surface area contributed by atoms with E-state index in [2.05, 4.69) is 31.2 Å². The molecular weight excluding hydrogens is 584 g/mol. The van der Waals surface area contributed by atoms with Crippen LogP contribution < -0.4 is 30.3 Å². The topological polar surface area (TPSA) is 118 Å². The third-order valence-electron chi connectivity index (χ3n) is 9.58. The Bertz CT molecular complexity index is 1590. The summed E-state index contributed by atoms with van der Waals surface area (Å²) in [6.45, 7) is 5.53. The molecule has 238 valence electrons. The number of fused-ring (bicyclic) bond motifs is 2. The van der Waals surface area contributed by atoms with Gasteiger partial charge in [-0.25, -0.2) is 4.98 Å². The average Bonchev–Trinajstić information content (AvgIpc) is 3.87. The Morgan fingerprint density at radius 1 is 1.02 bits per heavy atom. The van der Waals surface area contributed by atoms with Gasteiger partial charge in [-0.05, 0) is 61.1 Å². The molecule has 3 fully saturated rings. The van der Waals surface area contributed by atoms with Gasteiger partial charge in [0.25, 0.3) is 11.8 Å². The van der Waals surface area contributed by atoms with E-state index in [4.69, 9.17) is 19.9 Å². The number of nitrogen functional groups attached to an aromatic ring is 1. The van der Waals surface area contributed by atoms with Crippen LogP contribution in [0.5, 0.6) is 11.8 Å². The number of carbonyl (C=O) groups excluding carboxylic acids is 1. The summed E-state index contributed by atoms with van der Waals surface area (Å²) in [6.07, 6.45) is 4.98. The van der Waals surface area contributed by atoms with Crippen LogP contribution in [0, 0.1) is 11.6 Å². The number of hydrogen-bond acceptors (Lipinski definition) is 10. The number of anilines is 5. The van der Waals surface area contributed by atoms with Gasteiger partial charge in [0.2, 0.25) is 17.5 Å². The number of ether oxygens (including phenoxy) is 3. The zero-order chi connectivity index (χ0) is 31.3. The zero-order valence-electron chi connectivity index (χ0n) is 25.4. The fraction of sp³-hybridized carbons (Fsp3) is 0.469. The molecule has 3 aromatic rings. The number of halogens is 2. The first-order valence-electron chi connectivity index (χ1n) is 15.3. The highest BCUT2D eigenvalue weighted by Gasteiger charge is 2.57. The minimum absolute atomic E-state index is 0.0631. The predicted molar refractivity (Wildman–Crippen MR) is 165 cm³/mol. The van der Waals surface area contributed by atoms with Crippen molar-refractivity contribution in [3.05, 3.63) is 53.2 Å². The molecule has 1 saturated carbocycles. The second-order valence-electron chi connectivity index (χ2n) is 12.1. The fourth-order valence-corrected chi connectivity index (χ4v) is 6.96.